The third-order valence-corrected chi connectivity index (χ3v) is 3.70. The van der Waals surface area contributed by atoms with Gasteiger partial charge in [0.2, 0.25) is 5.78 Å². The number of nitrogens with two attached hydrogens (primary N) is 1. The number of halogens is 1. The molecule has 2 rings (SSSR count). The van der Waals surface area contributed by atoms with Crippen LogP contribution in [0.25, 0.3) is 0 Å². The third-order valence-electron chi connectivity index (χ3n) is 2.79. The second kappa shape index (κ2) is 5.67. The zero-order chi connectivity index (χ0) is 18.5. The van der Waals surface area contributed by atoms with E-state index in [2.05, 4.69) is 0 Å². The maximum absolute atomic E-state index is 12.6. The molecule has 0 amide bonds. The van der Waals surface area contributed by atoms with Crippen LogP contribution in [-0.2, 0) is 19.6 Å². The lowest BCUT2D eigenvalue weighted by Crippen LogP contribution is -2.20. The molecule has 1 heterocycles. The molecule has 2 atom stereocenters. The SMILES string of the molecule is [2H]C1(c2ccc(Cl)cc2)OC(N)=C([C@H](C)C([2H])([2H])S(=O)(=O)O)C1=O. The summed E-state index contributed by atoms with van der Waals surface area (Å²) in [4.78, 5) is 12.6. The van der Waals surface area contributed by atoms with E-state index in [1.807, 2.05) is 0 Å². The van der Waals surface area contributed by atoms with E-state index in [-0.39, 0.29) is 5.56 Å². The lowest BCUT2D eigenvalue weighted by Gasteiger charge is -2.11. The van der Waals surface area contributed by atoms with Gasteiger partial charge in [-0.2, -0.15) is 8.42 Å². The van der Waals surface area contributed by atoms with Gasteiger partial charge in [0.1, 0.15) is 0 Å². The molecule has 114 valence electrons. The van der Waals surface area contributed by atoms with Crippen LogP contribution in [0.2, 0.25) is 5.02 Å². The van der Waals surface area contributed by atoms with Gasteiger partial charge >= 0.3 is 0 Å². The van der Waals surface area contributed by atoms with Crippen LogP contribution in [0.1, 0.15) is 22.7 Å². The Labute approximate surface area is 131 Å². The van der Waals surface area contributed by atoms with E-state index < -0.39 is 45.1 Å². The molecule has 21 heavy (non-hydrogen) atoms. The average molecular weight is 335 g/mol. The van der Waals surface area contributed by atoms with Crippen molar-refractivity contribution in [1.82, 2.24) is 0 Å². The van der Waals surface area contributed by atoms with Crippen LogP contribution >= 0.6 is 11.6 Å². The van der Waals surface area contributed by atoms with Crippen molar-refractivity contribution in [2.45, 2.75) is 13.0 Å². The van der Waals surface area contributed by atoms with Gasteiger partial charge < -0.3 is 10.5 Å². The Kier molecular flexibility index (Phi) is 3.24. The number of hydrogen-bond acceptors (Lipinski definition) is 5. The number of ether oxygens (including phenoxy) is 1. The zero-order valence-electron chi connectivity index (χ0n) is 13.8. The van der Waals surface area contributed by atoms with Crippen molar-refractivity contribution in [2.75, 3.05) is 5.70 Å². The minimum absolute atomic E-state index is 0.0921. The number of ketones is 1. The molecule has 0 spiro atoms. The Morgan fingerprint density at radius 3 is 2.62 bits per heavy atom. The summed E-state index contributed by atoms with van der Waals surface area (Å²) in [6.45, 7) is 1.06. The van der Waals surface area contributed by atoms with Gasteiger partial charge in [0.05, 0.1) is 12.6 Å². The minimum atomic E-state index is -5.14. The zero-order valence-corrected chi connectivity index (χ0v) is 12.4. The first-order valence-electron chi connectivity index (χ1n) is 7.29. The molecule has 6 nitrogen and oxygen atoms in total. The standard InChI is InChI=1S/C13H14ClNO5S/c1-7(6-21(17,18)19)10-11(16)12(20-13(10)15)8-2-4-9(14)5-3-8/h2-5,7,12H,6,15H2,1H3,(H,17,18,19)/t7-,12?/m1/s1/i6D2,12D. The van der Waals surface area contributed by atoms with Crippen molar-refractivity contribution in [3.8, 4) is 0 Å². The van der Waals surface area contributed by atoms with E-state index in [0.717, 1.165) is 6.92 Å². The molecule has 0 aliphatic carbocycles. The molecule has 8 heteroatoms. The lowest BCUT2D eigenvalue weighted by molar-refractivity contribution is -0.121. The van der Waals surface area contributed by atoms with Crippen molar-refractivity contribution < 1.29 is 26.6 Å². The van der Waals surface area contributed by atoms with Gasteiger partial charge in [-0.1, -0.05) is 30.7 Å². The van der Waals surface area contributed by atoms with Gasteiger partial charge in [-0.15, -0.1) is 0 Å². The topological polar surface area (TPSA) is 107 Å². The van der Waals surface area contributed by atoms with Gasteiger partial charge in [0.15, 0.2) is 12.0 Å². The Morgan fingerprint density at radius 1 is 1.52 bits per heavy atom. The summed E-state index contributed by atoms with van der Waals surface area (Å²) in [6, 6.07) is 5.59. The normalized spacial score (nSPS) is 26.8. The van der Waals surface area contributed by atoms with E-state index in [1.54, 1.807) is 0 Å². The molecule has 0 saturated heterocycles. The van der Waals surface area contributed by atoms with Crippen LogP contribution < -0.4 is 5.73 Å². The second-order valence-corrected chi connectivity index (χ2v) is 5.98. The van der Waals surface area contributed by atoms with Crippen LogP contribution in [-0.4, -0.2) is 24.5 Å². The van der Waals surface area contributed by atoms with E-state index in [9.17, 15) is 13.2 Å². The van der Waals surface area contributed by atoms with Crippen LogP contribution in [0, 0.1) is 5.92 Å². The van der Waals surface area contributed by atoms with Crippen molar-refractivity contribution in [3.63, 3.8) is 0 Å². The quantitative estimate of drug-likeness (QED) is 0.811. The van der Waals surface area contributed by atoms with Gasteiger partial charge in [-0.05, 0) is 12.1 Å². The number of Topliss-reactive ketones (excluding diaryl/α,β-unsaturated/α-hetero) is 1. The van der Waals surface area contributed by atoms with Gasteiger partial charge in [0.25, 0.3) is 10.1 Å². The van der Waals surface area contributed by atoms with Gasteiger partial charge in [-0.25, -0.2) is 0 Å². The Balaban J connectivity index is 2.46. The molecule has 0 saturated carbocycles. The number of hydrogen-bond donors (Lipinski definition) is 2. The predicted molar refractivity (Wildman–Crippen MR) is 77.1 cm³/mol. The molecule has 1 aliphatic rings. The predicted octanol–water partition coefficient (Wildman–Crippen LogP) is 1.67. The van der Waals surface area contributed by atoms with Crippen molar-refractivity contribution in [1.29, 1.82) is 0 Å². The first-order chi connectivity index (χ1) is 10.8. The third kappa shape index (κ3) is 3.55. The molecular formula is C13H14ClNO5S. The maximum Gasteiger partial charge on any atom is 0.265 e. The molecule has 1 unspecified atom stereocenters. The number of benzene rings is 1. The lowest BCUT2D eigenvalue weighted by atomic mass is 9.95. The monoisotopic (exact) mass is 334 g/mol. The van der Waals surface area contributed by atoms with Crippen LogP contribution in [0.4, 0.5) is 0 Å². The first kappa shape index (κ1) is 12.0. The highest BCUT2D eigenvalue weighted by atomic mass is 35.5. The van der Waals surface area contributed by atoms with Crippen LogP contribution in [0.5, 0.6) is 0 Å². The average Bonchev–Trinajstić information content (AvgIpc) is 2.68. The molecule has 0 aromatic heterocycles. The molecule has 1 aromatic carbocycles. The Morgan fingerprint density at radius 2 is 2.10 bits per heavy atom. The summed E-state index contributed by atoms with van der Waals surface area (Å²) in [5, 5.41) is 0.366. The number of carbonyl (C=O) groups is 1. The Bertz CT molecular complexity index is 825. The van der Waals surface area contributed by atoms with Gasteiger partial charge in [0, 0.05) is 19.2 Å². The molecule has 0 fully saturated rings. The number of rotatable bonds is 4. The van der Waals surface area contributed by atoms with Crippen molar-refractivity contribution in [2.24, 2.45) is 11.7 Å². The highest BCUT2D eigenvalue weighted by Gasteiger charge is 2.38. The summed E-state index contributed by atoms with van der Waals surface area (Å²) >= 11 is 5.75. The number of carbonyl (C=O) groups excluding carboxylic acids is 1. The summed E-state index contributed by atoms with van der Waals surface area (Å²) in [5.41, 5.74) is 2.00. The van der Waals surface area contributed by atoms with E-state index in [0.29, 0.717) is 5.02 Å². The largest absolute Gasteiger partial charge is 0.463 e. The fourth-order valence-electron chi connectivity index (χ4n) is 1.93. The van der Waals surface area contributed by atoms with E-state index in [4.69, 9.17) is 30.7 Å². The summed E-state index contributed by atoms with van der Waals surface area (Å²) in [7, 11) is -5.14. The van der Waals surface area contributed by atoms with Crippen molar-refractivity contribution >= 4 is 27.5 Å². The molecule has 0 radical (unpaired) electrons. The first-order valence-corrected chi connectivity index (χ1v) is 7.60. The highest BCUT2D eigenvalue weighted by Crippen LogP contribution is 2.35. The summed E-state index contributed by atoms with van der Waals surface area (Å²) < 4.78 is 60.0. The second-order valence-electron chi connectivity index (χ2n) is 4.36. The van der Waals surface area contributed by atoms with Crippen LogP contribution in [0.15, 0.2) is 35.7 Å². The summed E-state index contributed by atoms with van der Waals surface area (Å²) in [5.74, 6) is -3.23. The maximum atomic E-state index is 12.6. The van der Waals surface area contributed by atoms with Crippen LogP contribution in [0.3, 0.4) is 0 Å². The fourth-order valence-corrected chi connectivity index (χ4v) is 2.62. The van der Waals surface area contributed by atoms with E-state index >= 15 is 0 Å². The van der Waals surface area contributed by atoms with E-state index in [1.165, 1.54) is 24.3 Å². The van der Waals surface area contributed by atoms with Crippen molar-refractivity contribution in [3.05, 3.63) is 46.3 Å². The molecule has 1 aromatic rings. The fraction of sp³-hybridized carbons (Fsp3) is 0.308. The van der Waals surface area contributed by atoms with Gasteiger partial charge in [-0.3, -0.25) is 9.35 Å². The molecule has 3 N–H and O–H groups in total. The minimum Gasteiger partial charge on any atom is -0.463 e. The Hall–Kier alpha value is -1.57. The molecular weight excluding hydrogens is 318 g/mol. The molecule has 0 bridgehead atoms. The summed E-state index contributed by atoms with van der Waals surface area (Å²) in [6.07, 6.45) is -2.28. The highest BCUT2D eigenvalue weighted by molar-refractivity contribution is 7.85. The molecule has 1 aliphatic heterocycles. The smallest absolute Gasteiger partial charge is 0.265 e.